The fourth-order valence-electron chi connectivity index (χ4n) is 2.37. The average Bonchev–Trinajstić information content (AvgIpc) is 2.55. The van der Waals surface area contributed by atoms with E-state index in [2.05, 4.69) is 12.2 Å². The quantitative estimate of drug-likeness (QED) is 0.720. The third kappa shape index (κ3) is 4.85. The predicted octanol–water partition coefficient (Wildman–Crippen LogP) is 5.12. The normalized spacial score (nSPS) is 10.4. The smallest absolute Gasteiger partial charge is 0.259 e. The van der Waals surface area contributed by atoms with Crippen LogP contribution in [0.2, 0.25) is 0 Å². The standard InChI is InChI=1S/C20H25NO2/c1-4-5-8-13-23-19-10-7-6-9-17(19)20(22)21-18-14-15(2)11-12-16(18)3/h6-7,9-12,14H,4-5,8,13H2,1-3H3,(H,21,22). The zero-order valence-electron chi connectivity index (χ0n) is 14.2. The number of carbonyl (C=O) groups is 1. The maximum atomic E-state index is 12.6. The van der Waals surface area contributed by atoms with Crippen molar-refractivity contribution in [2.75, 3.05) is 11.9 Å². The zero-order chi connectivity index (χ0) is 16.7. The van der Waals surface area contributed by atoms with Crippen LogP contribution in [0.5, 0.6) is 5.75 Å². The number of anilines is 1. The van der Waals surface area contributed by atoms with Gasteiger partial charge in [-0.15, -0.1) is 0 Å². The van der Waals surface area contributed by atoms with Crippen molar-refractivity contribution >= 4 is 11.6 Å². The molecule has 0 atom stereocenters. The molecule has 0 saturated heterocycles. The molecule has 23 heavy (non-hydrogen) atoms. The molecular formula is C20H25NO2. The molecule has 2 aromatic carbocycles. The Morgan fingerprint density at radius 1 is 1.09 bits per heavy atom. The van der Waals surface area contributed by atoms with Crippen LogP contribution in [0.15, 0.2) is 42.5 Å². The zero-order valence-corrected chi connectivity index (χ0v) is 14.2. The van der Waals surface area contributed by atoms with Gasteiger partial charge in [0.05, 0.1) is 12.2 Å². The van der Waals surface area contributed by atoms with Crippen molar-refractivity contribution in [2.45, 2.75) is 40.0 Å². The first-order valence-electron chi connectivity index (χ1n) is 8.22. The van der Waals surface area contributed by atoms with E-state index >= 15 is 0 Å². The first-order chi connectivity index (χ1) is 11.1. The summed E-state index contributed by atoms with van der Waals surface area (Å²) in [5.41, 5.74) is 3.58. The Labute approximate surface area is 138 Å². The number of para-hydroxylation sites is 1. The molecule has 3 heteroatoms. The van der Waals surface area contributed by atoms with Gasteiger partial charge in [0.25, 0.3) is 5.91 Å². The highest BCUT2D eigenvalue weighted by Gasteiger charge is 2.13. The Morgan fingerprint density at radius 3 is 2.65 bits per heavy atom. The Kier molecular flexibility index (Phi) is 6.21. The SMILES string of the molecule is CCCCCOc1ccccc1C(=O)Nc1cc(C)ccc1C. The molecule has 0 spiro atoms. The molecule has 2 aromatic rings. The minimum absolute atomic E-state index is 0.134. The van der Waals surface area contributed by atoms with Gasteiger partial charge in [0, 0.05) is 5.69 Å². The van der Waals surface area contributed by atoms with Gasteiger partial charge < -0.3 is 10.1 Å². The Balaban J connectivity index is 2.11. The van der Waals surface area contributed by atoms with Crippen LogP contribution in [0.3, 0.4) is 0 Å². The predicted molar refractivity (Wildman–Crippen MR) is 95.3 cm³/mol. The lowest BCUT2D eigenvalue weighted by Crippen LogP contribution is -2.14. The van der Waals surface area contributed by atoms with Crippen molar-refractivity contribution in [3.05, 3.63) is 59.2 Å². The molecule has 122 valence electrons. The van der Waals surface area contributed by atoms with Gasteiger partial charge in [-0.05, 0) is 49.6 Å². The highest BCUT2D eigenvalue weighted by atomic mass is 16.5. The fourth-order valence-corrected chi connectivity index (χ4v) is 2.37. The van der Waals surface area contributed by atoms with Crippen LogP contribution in [0, 0.1) is 13.8 Å². The second kappa shape index (κ2) is 8.37. The third-order valence-electron chi connectivity index (χ3n) is 3.78. The van der Waals surface area contributed by atoms with Crippen LogP contribution in [0.25, 0.3) is 0 Å². The number of amides is 1. The fraction of sp³-hybridized carbons (Fsp3) is 0.350. The average molecular weight is 311 g/mol. The Morgan fingerprint density at radius 2 is 1.87 bits per heavy atom. The van der Waals surface area contributed by atoms with Crippen LogP contribution in [-0.2, 0) is 0 Å². The van der Waals surface area contributed by atoms with Crippen molar-refractivity contribution < 1.29 is 9.53 Å². The highest BCUT2D eigenvalue weighted by Crippen LogP contribution is 2.22. The number of hydrogen-bond donors (Lipinski definition) is 1. The lowest BCUT2D eigenvalue weighted by Gasteiger charge is -2.13. The molecule has 3 nitrogen and oxygen atoms in total. The highest BCUT2D eigenvalue weighted by molar-refractivity contribution is 6.06. The van der Waals surface area contributed by atoms with Crippen molar-refractivity contribution in [1.82, 2.24) is 0 Å². The number of ether oxygens (including phenoxy) is 1. The summed E-state index contributed by atoms with van der Waals surface area (Å²) in [6.45, 7) is 6.80. The van der Waals surface area contributed by atoms with Crippen LogP contribution in [0.4, 0.5) is 5.69 Å². The van der Waals surface area contributed by atoms with Gasteiger partial charge in [0.15, 0.2) is 0 Å². The Bertz CT molecular complexity index is 664. The molecule has 0 unspecified atom stereocenters. The van der Waals surface area contributed by atoms with Gasteiger partial charge in [-0.1, -0.05) is 44.0 Å². The van der Waals surface area contributed by atoms with E-state index in [0.717, 1.165) is 36.1 Å². The maximum absolute atomic E-state index is 12.6. The minimum Gasteiger partial charge on any atom is -0.493 e. The molecule has 0 bridgehead atoms. The van der Waals surface area contributed by atoms with Gasteiger partial charge in [-0.3, -0.25) is 4.79 Å². The van der Waals surface area contributed by atoms with Crippen molar-refractivity contribution in [2.24, 2.45) is 0 Å². The van der Waals surface area contributed by atoms with E-state index in [1.165, 1.54) is 0 Å². The molecule has 1 N–H and O–H groups in total. The molecule has 0 fully saturated rings. The van der Waals surface area contributed by atoms with Crippen molar-refractivity contribution in [3.63, 3.8) is 0 Å². The van der Waals surface area contributed by atoms with Crippen LogP contribution in [0.1, 0.15) is 47.7 Å². The van der Waals surface area contributed by atoms with Gasteiger partial charge in [-0.2, -0.15) is 0 Å². The number of rotatable bonds is 7. The summed E-state index contributed by atoms with van der Waals surface area (Å²) < 4.78 is 5.79. The van der Waals surface area contributed by atoms with Crippen LogP contribution in [-0.4, -0.2) is 12.5 Å². The number of nitrogens with one attached hydrogen (secondary N) is 1. The second-order valence-electron chi connectivity index (χ2n) is 5.82. The van der Waals surface area contributed by atoms with E-state index in [4.69, 9.17) is 4.74 Å². The summed E-state index contributed by atoms with van der Waals surface area (Å²) in [5, 5.41) is 2.99. The van der Waals surface area contributed by atoms with E-state index < -0.39 is 0 Å². The molecule has 0 aliphatic carbocycles. The molecule has 1 amide bonds. The number of hydrogen-bond acceptors (Lipinski definition) is 2. The lowest BCUT2D eigenvalue weighted by atomic mass is 10.1. The monoisotopic (exact) mass is 311 g/mol. The molecule has 0 aliphatic heterocycles. The maximum Gasteiger partial charge on any atom is 0.259 e. The molecule has 2 rings (SSSR count). The second-order valence-corrected chi connectivity index (χ2v) is 5.82. The number of benzene rings is 2. The summed E-state index contributed by atoms with van der Waals surface area (Å²) in [7, 11) is 0. The molecule has 0 radical (unpaired) electrons. The number of aryl methyl sites for hydroxylation is 2. The van der Waals surface area contributed by atoms with Crippen molar-refractivity contribution in [3.8, 4) is 5.75 Å². The van der Waals surface area contributed by atoms with E-state index in [9.17, 15) is 4.79 Å². The molecule has 0 aromatic heterocycles. The van der Waals surface area contributed by atoms with E-state index in [-0.39, 0.29) is 5.91 Å². The minimum atomic E-state index is -0.134. The lowest BCUT2D eigenvalue weighted by molar-refractivity contribution is 0.102. The van der Waals surface area contributed by atoms with Crippen LogP contribution < -0.4 is 10.1 Å². The summed E-state index contributed by atoms with van der Waals surface area (Å²) in [6.07, 6.45) is 3.29. The van der Waals surface area contributed by atoms with Crippen LogP contribution >= 0.6 is 0 Å². The summed E-state index contributed by atoms with van der Waals surface area (Å²) in [6, 6.07) is 13.4. The molecule has 0 heterocycles. The summed E-state index contributed by atoms with van der Waals surface area (Å²) in [5.74, 6) is 0.510. The summed E-state index contributed by atoms with van der Waals surface area (Å²) >= 11 is 0. The van der Waals surface area contributed by atoms with Gasteiger partial charge >= 0.3 is 0 Å². The van der Waals surface area contributed by atoms with Crippen molar-refractivity contribution in [1.29, 1.82) is 0 Å². The van der Waals surface area contributed by atoms with Gasteiger partial charge in [0.2, 0.25) is 0 Å². The summed E-state index contributed by atoms with van der Waals surface area (Å²) in [4.78, 5) is 12.6. The number of unbranched alkanes of at least 4 members (excludes halogenated alkanes) is 2. The third-order valence-corrected chi connectivity index (χ3v) is 3.78. The van der Waals surface area contributed by atoms with Gasteiger partial charge in [-0.25, -0.2) is 0 Å². The molecular weight excluding hydrogens is 286 g/mol. The van der Waals surface area contributed by atoms with E-state index in [1.54, 1.807) is 6.07 Å². The van der Waals surface area contributed by atoms with E-state index in [0.29, 0.717) is 17.9 Å². The Hall–Kier alpha value is -2.29. The largest absolute Gasteiger partial charge is 0.493 e. The number of carbonyl (C=O) groups excluding carboxylic acids is 1. The molecule has 0 aliphatic rings. The van der Waals surface area contributed by atoms with Gasteiger partial charge in [0.1, 0.15) is 5.75 Å². The van der Waals surface area contributed by atoms with E-state index in [1.807, 2.05) is 50.2 Å². The topological polar surface area (TPSA) is 38.3 Å². The first kappa shape index (κ1) is 17.1. The first-order valence-corrected chi connectivity index (χ1v) is 8.22. The molecule has 0 saturated carbocycles.